The van der Waals surface area contributed by atoms with Crippen LogP contribution in [0.5, 0.6) is 0 Å². The van der Waals surface area contributed by atoms with Gasteiger partial charge in [-0.25, -0.2) is 0 Å². The molecule has 3 rings (SSSR count). The van der Waals surface area contributed by atoms with E-state index in [1.807, 2.05) is 24.3 Å². The van der Waals surface area contributed by atoms with Crippen LogP contribution >= 0.6 is 12.4 Å². The Balaban J connectivity index is 0.00000176. The van der Waals surface area contributed by atoms with Gasteiger partial charge in [0, 0.05) is 18.7 Å². The van der Waals surface area contributed by atoms with Gasteiger partial charge in [-0.2, -0.15) is 0 Å². The minimum atomic E-state index is 0. The Kier molecular flexibility index (Phi) is 6.09. The number of nitrogens with zero attached hydrogens (tertiary/aromatic N) is 1. The molecule has 1 saturated heterocycles. The third kappa shape index (κ3) is 3.73. The maximum Gasteiger partial charge on any atom is 0.223 e. The molecule has 1 aromatic rings. The molecule has 1 aliphatic carbocycles. The number of benzene rings is 1. The van der Waals surface area contributed by atoms with Crippen molar-refractivity contribution >= 4 is 24.0 Å². The highest BCUT2D eigenvalue weighted by atomic mass is 35.5. The third-order valence-corrected chi connectivity index (χ3v) is 4.72. The summed E-state index contributed by atoms with van der Waals surface area (Å²) in [5, 5.41) is 0. The van der Waals surface area contributed by atoms with Gasteiger partial charge in [0.25, 0.3) is 0 Å². The van der Waals surface area contributed by atoms with Crippen molar-refractivity contribution in [2.45, 2.75) is 50.7 Å². The van der Waals surface area contributed by atoms with Gasteiger partial charge in [-0.1, -0.05) is 31.0 Å². The standard InChI is InChI=1S/C17H24N2O2.ClH/c18-14-6-2-1-5-13(14)9-10-17(20)19-11-12-21-16-8-4-3-7-15(16)19;/h1-2,5-6,15-16H,3-4,7-12,18H2;1H. The second kappa shape index (κ2) is 7.84. The maximum absolute atomic E-state index is 12.6. The Hall–Kier alpha value is -1.26. The summed E-state index contributed by atoms with van der Waals surface area (Å²) in [6, 6.07) is 8.10. The number of ether oxygens (including phenoxy) is 1. The summed E-state index contributed by atoms with van der Waals surface area (Å²) in [5.41, 5.74) is 7.80. The summed E-state index contributed by atoms with van der Waals surface area (Å²) in [4.78, 5) is 14.6. The minimum absolute atomic E-state index is 0. The number of hydrogen-bond donors (Lipinski definition) is 1. The van der Waals surface area contributed by atoms with E-state index in [4.69, 9.17) is 10.5 Å². The summed E-state index contributed by atoms with van der Waals surface area (Å²) >= 11 is 0. The van der Waals surface area contributed by atoms with Crippen LogP contribution in [0.4, 0.5) is 5.69 Å². The van der Waals surface area contributed by atoms with Gasteiger partial charge < -0.3 is 15.4 Å². The molecule has 1 amide bonds. The molecule has 0 radical (unpaired) electrons. The Morgan fingerprint density at radius 3 is 2.86 bits per heavy atom. The highest BCUT2D eigenvalue weighted by Gasteiger charge is 2.36. The molecule has 122 valence electrons. The zero-order chi connectivity index (χ0) is 14.7. The highest BCUT2D eigenvalue weighted by Crippen LogP contribution is 2.29. The van der Waals surface area contributed by atoms with E-state index < -0.39 is 0 Å². The molecule has 2 aliphatic rings. The van der Waals surface area contributed by atoms with Crippen molar-refractivity contribution in [2.75, 3.05) is 18.9 Å². The number of halogens is 1. The van der Waals surface area contributed by atoms with Gasteiger partial charge in [0.2, 0.25) is 5.91 Å². The van der Waals surface area contributed by atoms with Gasteiger partial charge in [-0.15, -0.1) is 12.4 Å². The number of rotatable bonds is 3. The average Bonchev–Trinajstić information content (AvgIpc) is 2.53. The number of nitrogens with two attached hydrogens (primary N) is 1. The molecule has 0 aromatic heterocycles. The second-order valence-corrected chi connectivity index (χ2v) is 6.05. The lowest BCUT2D eigenvalue weighted by Crippen LogP contribution is -2.54. The number of para-hydroxylation sites is 1. The molecular weight excluding hydrogens is 300 g/mol. The van der Waals surface area contributed by atoms with Crippen LogP contribution in [-0.2, 0) is 16.0 Å². The van der Waals surface area contributed by atoms with Crippen LogP contribution in [-0.4, -0.2) is 36.1 Å². The molecular formula is C17H25ClN2O2. The van der Waals surface area contributed by atoms with E-state index in [0.29, 0.717) is 19.1 Å². The van der Waals surface area contributed by atoms with Gasteiger partial charge in [-0.05, 0) is 30.9 Å². The number of aryl methyl sites for hydroxylation is 1. The summed E-state index contributed by atoms with van der Waals surface area (Å²) in [5.74, 6) is 0.249. The predicted octanol–water partition coefficient (Wildman–Crippen LogP) is 2.79. The fraction of sp³-hybridized carbons (Fsp3) is 0.588. The lowest BCUT2D eigenvalue weighted by atomic mass is 9.90. The second-order valence-electron chi connectivity index (χ2n) is 6.05. The van der Waals surface area contributed by atoms with Gasteiger partial charge in [-0.3, -0.25) is 4.79 Å². The molecule has 1 saturated carbocycles. The molecule has 22 heavy (non-hydrogen) atoms. The molecule has 2 atom stereocenters. The average molecular weight is 325 g/mol. The van der Waals surface area contributed by atoms with Gasteiger partial charge >= 0.3 is 0 Å². The maximum atomic E-state index is 12.6. The van der Waals surface area contributed by atoms with E-state index >= 15 is 0 Å². The number of nitrogen functional groups attached to an aromatic ring is 1. The zero-order valence-corrected chi connectivity index (χ0v) is 13.7. The lowest BCUT2D eigenvalue weighted by molar-refractivity contribution is -0.149. The topological polar surface area (TPSA) is 55.6 Å². The fourth-order valence-electron chi connectivity index (χ4n) is 3.55. The lowest BCUT2D eigenvalue weighted by Gasteiger charge is -2.43. The van der Waals surface area contributed by atoms with E-state index in [1.165, 1.54) is 12.8 Å². The molecule has 5 heteroatoms. The summed E-state index contributed by atoms with van der Waals surface area (Å²) < 4.78 is 5.83. The first-order chi connectivity index (χ1) is 10.3. The Bertz CT molecular complexity index is 507. The van der Waals surface area contributed by atoms with Crippen molar-refractivity contribution in [3.05, 3.63) is 29.8 Å². The molecule has 2 N–H and O–H groups in total. The van der Waals surface area contributed by atoms with Crippen molar-refractivity contribution in [3.63, 3.8) is 0 Å². The smallest absolute Gasteiger partial charge is 0.223 e. The van der Waals surface area contributed by atoms with Gasteiger partial charge in [0.05, 0.1) is 18.8 Å². The van der Waals surface area contributed by atoms with Crippen LogP contribution in [0.15, 0.2) is 24.3 Å². The van der Waals surface area contributed by atoms with Crippen LogP contribution in [0.25, 0.3) is 0 Å². The van der Waals surface area contributed by atoms with Crippen LogP contribution in [0.3, 0.4) is 0 Å². The predicted molar refractivity (Wildman–Crippen MR) is 90.1 cm³/mol. The summed E-state index contributed by atoms with van der Waals surface area (Å²) in [6.45, 7) is 1.42. The van der Waals surface area contributed by atoms with Crippen molar-refractivity contribution in [1.82, 2.24) is 4.90 Å². The SMILES string of the molecule is Cl.Nc1ccccc1CCC(=O)N1CCOC2CCCCC21. The Labute approximate surface area is 138 Å². The first-order valence-corrected chi connectivity index (χ1v) is 8.00. The largest absolute Gasteiger partial charge is 0.399 e. The molecule has 2 fully saturated rings. The van der Waals surface area contributed by atoms with E-state index in [0.717, 1.165) is 37.1 Å². The number of carbonyl (C=O) groups excluding carboxylic acids is 1. The number of anilines is 1. The fourth-order valence-corrected chi connectivity index (χ4v) is 3.55. The first kappa shape index (κ1) is 17.1. The highest BCUT2D eigenvalue weighted by molar-refractivity contribution is 5.85. The quantitative estimate of drug-likeness (QED) is 0.870. The molecule has 1 aliphatic heterocycles. The zero-order valence-electron chi connectivity index (χ0n) is 12.9. The van der Waals surface area contributed by atoms with Gasteiger partial charge in [0.1, 0.15) is 0 Å². The van der Waals surface area contributed by atoms with Crippen LogP contribution in [0.1, 0.15) is 37.7 Å². The summed E-state index contributed by atoms with van der Waals surface area (Å²) in [6.07, 6.45) is 6.14. The van der Waals surface area contributed by atoms with Crippen molar-refractivity contribution < 1.29 is 9.53 Å². The van der Waals surface area contributed by atoms with E-state index in [9.17, 15) is 4.79 Å². The van der Waals surface area contributed by atoms with Crippen LogP contribution in [0.2, 0.25) is 0 Å². The van der Waals surface area contributed by atoms with Gasteiger partial charge in [0.15, 0.2) is 0 Å². The molecule has 0 bridgehead atoms. The number of morpholine rings is 1. The Morgan fingerprint density at radius 2 is 2.05 bits per heavy atom. The number of hydrogen-bond acceptors (Lipinski definition) is 3. The van der Waals surface area contributed by atoms with Crippen molar-refractivity contribution in [2.24, 2.45) is 0 Å². The molecule has 4 nitrogen and oxygen atoms in total. The van der Waals surface area contributed by atoms with Crippen molar-refractivity contribution in [1.29, 1.82) is 0 Å². The monoisotopic (exact) mass is 324 g/mol. The van der Waals surface area contributed by atoms with Crippen LogP contribution in [0, 0.1) is 0 Å². The van der Waals surface area contributed by atoms with E-state index in [2.05, 4.69) is 4.90 Å². The number of carbonyl (C=O) groups is 1. The van der Waals surface area contributed by atoms with E-state index in [1.54, 1.807) is 0 Å². The summed E-state index contributed by atoms with van der Waals surface area (Å²) in [7, 11) is 0. The normalized spacial score (nSPS) is 24.3. The van der Waals surface area contributed by atoms with Crippen molar-refractivity contribution in [3.8, 4) is 0 Å². The molecule has 0 spiro atoms. The molecule has 1 heterocycles. The molecule has 2 unspecified atom stereocenters. The number of amides is 1. The minimum Gasteiger partial charge on any atom is -0.399 e. The first-order valence-electron chi connectivity index (χ1n) is 8.00. The number of fused-ring (bicyclic) bond motifs is 1. The Morgan fingerprint density at radius 1 is 1.27 bits per heavy atom. The third-order valence-electron chi connectivity index (χ3n) is 4.72. The van der Waals surface area contributed by atoms with E-state index in [-0.39, 0.29) is 24.4 Å². The van der Waals surface area contributed by atoms with Crippen LogP contribution < -0.4 is 5.73 Å². The molecule has 1 aromatic carbocycles.